The highest BCUT2D eigenvalue weighted by atomic mass is 15.1. The van der Waals surface area contributed by atoms with Crippen molar-refractivity contribution in [3.8, 4) is 62.4 Å². The van der Waals surface area contributed by atoms with Crippen LogP contribution in [0.25, 0.3) is 128 Å². The molecule has 0 aliphatic carbocycles. The van der Waals surface area contributed by atoms with Crippen molar-refractivity contribution in [3.05, 3.63) is 231 Å². The van der Waals surface area contributed by atoms with Crippen LogP contribution in [0.2, 0.25) is 0 Å². The Morgan fingerprint density at radius 1 is 0.304 bits per heavy atom. The molecule has 8 aromatic carbocycles. The molecule has 0 radical (unpaired) electrons. The minimum absolute atomic E-state index is 0.665. The van der Waals surface area contributed by atoms with Crippen LogP contribution in [0.4, 0.5) is 0 Å². The van der Waals surface area contributed by atoms with E-state index in [0.29, 0.717) is 5.82 Å². The van der Waals surface area contributed by atoms with Crippen LogP contribution in [0, 0.1) is 0 Å². The van der Waals surface area contributed by atoms with Gasteiger partial charge in [-0.15, -0.1) is 0 Å². The summed E-state index contributed by atoms with van der Waals surface area (Å²) in [6, 6.07) is 74.3. The second kappa shape index (κ2) is 15.5. The molecular formula is C61H38N8. The average molecular weight is 883 g/mol. The van der Waals surface area contributed by atoms with Gasteiger partial charge >= 0.3 is 0 Å². The minimum Gasteiger partial charge on any atom is -0.309 e. The second-order valence-corrected chi connectivity index (χ2v) is 17.4. The molecule has 0 aliphatic rings. The summed E-state index contributed by atoms with van der Waals surface area (Å²) in [5, 5.41) is 5.67. The summed E-state index contributed by atoms with van der Waals surface area (Å²) < 4.78 is 6.92. The fourth-order valence-corrected chi connectivity index (χ4v) is 10.3. The molecule has 0 saturated heterocycles. The fraction of sp³-hybridized carbons (Fsp3) is 0. The van der Waals surface area contributed by atoms with Crippen molar-refractivity contribution in [1.29, 1.82) is 0 Å². The first-order valence-electron chi connectivity index (χ1n) is 23.1. The number of nitrogens with zero attached hydrogens (tertiary/aromatic N) is 8. The summed E-state index contributed by atoms with van der Waals surface area (Å²) in [4.78, 5) is 25.3. The molecule has 8 heteroatoms. The number of aromatic nitrogens is 8. The summed E-state index contributed by atoms with van der Waals surface area (Å²) >= 11 is 0. The van der Waals surface area contributed by atoms with E-state index in [2.05, 4.69) is 184 Å². The molecule has 14 rings (SSSR count). The third-order valence-electron chi connectivity index (χ3n) is 13.4. The Morgan fingerprint density at radius 3 is 1.67 bits per heavy atom. The summed E-state index contributed by atoms with van der Waals surface area (Å²) in [5.74, 6) is 1.45. The molecule has 0 atom stereocenters. The largest absolute Gasteiger partial charge is 0.309 e. The molecule has 14 aromatic rings. The van der Waals surface area contributed by atoms with E-state index < -0.39 is 0 Å². The number of pyridine rings is 1. The molecule has 322 valence electrons. The van der Waals surface area contributed by atoms with E-state index in [4.69, 9.17) is 24.9 Å². The van der Waals surface area contributed by atoms with Crippen LogP contribution in [-0.2, 0) is 0 Å². The van der Waals surface area contributed by atoms with E-state index in [1.807, 2.05) is 61.1 Å². The van der Waals surface area contributed by atoms with Gasteiger partial charge < -0.3 is 9.13 Å². The molecule has 6 aromatic heterocycles. The number of rotatable bonds is 7. The van der Waals surface area contributed by atoms with Gasteiger partial charge in [0.05, 0.1) is 68.1 Å². The van der Waals surface area contributed by atoms with Gasteiger partial charge in [0.1, 0.15) is 5.82 Å². The SMILES string of the molecule is c1ccc(-c2cc(-n3c4ccccc4c4ccc(-c5cncc(-c6ccc7c(c6)c6ccccc6n7-c6ccc7c(c6)c6ncccc6n7-c6ccccc6)n5)cc43)nc(-c3ccccc3)n2)cc1. The van der Waals surface area contributed by atoms with E-state index in [0.717, 1.165) is 122 Å². The molecule has 6 heterocycles. The predicted molar refractivity (Wildman–Crippen MR) is 280 cm³/mol. The van der Waals surface area contributed by atoms with Crippen molar-refractivity contribution in [2.75, 3.05) is 0 Å². The van der Waals surface area contributed by atoms with Gasteiger partial charge in [-0.1, -0.05) is 133 Å². The maximum Gasteiger partial charge on any atom is 0.162 e. The lowest BCUT2D eigenvalue weighted by molar-refractivity contribution is 1.05. The van der Waals surface area contributed by atoms with E-state index in [-0.39, 0.29) is 0 Å². The van der Waals surface area contributed by atoms with Gasteiger partial charge in [0.15, 0.2) is 5.82 Å². The van der Waals surface area contributed by atoms with Crippen molar-refractivity contribution in [1.82, 2.24) is 38.6 Å². The second-order valence-electron chi connectivity index (χ2n) is 17.4. The molecule has 0 amide bonds. The molecule has 0 spiro atoms. The van der Waals surface area contributed by atoms with Gasteiger partial charge in [0.25, 0.3) is 0 Å². The lowest BCUT2D eigenvalue weighted by Gasteiger charge is -2.12. The monoisotopic (exact) mass is 882 g/mol. The number of fused-ring (bicyclic) bond motifs is 9. The van der Waals surface area contributed by atoms with Gasteiger partial charge in [0.2, 0.25) is 0 Å². The van der Waals surface area contributed by atoms with Gasteiger partial charge in [-0.3, -0.25) is 14.5 Å². The Morgan fingerprint density at radius 2 is 0.884 bits per heavy atom. The Hall–Kier alpha value is -9.53. The maximum absolute atomic E-state index is 5.31. The first kappa shape index (κ1) is 38.7. The van der Waals surface area contributed by atoms with Crippen LogP contribution in [0.3, 0.4) is 0 Å². The molecule has 0 bridgehead atoms. The van der Waals surface area contributed by atoms with E-state index in [1.165, 1.54) is 0 Å². The number of benzene rings is 8. The Bertz CT molecular complexity index is 4250. The highest BCUT2D eigenvalue weighted by Crippen LogP contribution is 2.39. The standard InChI is InChI=1S/C61H38N8/c1-4-15-39(16-5-1)50-36-59(66-61(65-50)40-17-6-2-7-18-40)69-54-24-13-10-21-45(54)47-29-26-42(34-58(47)69)52-38-62-37-51(64-52)41-27-30-55-48(33-41)46-22-11-12-23-53(46)68(55)44-28-31-56-49(35-44)60-57(25-14-32-63-60)67(56)43-19-8-3-9-20-43/h1-38H. The zero-order chi connectivity index (χ0) is 45.4. The van der Waals surface area contributed by atoms with Gasteiger partial charge in [-0.25, -0.2) is 15.0 Å². The lowest BCUT2D eigenvalue weighted by atomic mass is 10.1. The number of hydrogen-bond acceptors (Lipinski definition) is 5. The van der Waals surface area contributed by atoms with Crippen molar-refractivity contribution in [3.63, 3.8) is 0 Å². The Kier molecular flexibility index (Phi) is 8.72. The van der Waals surface area contributed by atoms with E-state index in [9.17, 15) is 0 Å². The van der Waals surface area contributed by atoms with Crippen LogP contribution < -0.4 is 0 Å². The summed E-state index contributed by atoms with van der Waals surface area (Å²) in [7, 11) is 0. The summed E-state index contributed by atoms with van der Waals surface area (Å²) in [6.45, 7) is 0. The summed E-state index contributed by atoms with van der Waals surface area (Å²) in [6.07, 6.45) is 5.60. The predicted octanol–water partition coefficient (Wildman–Crippen LogP) is 14.6. The Labute approximate surface area is 395 Å². The van der Waals surface area contributed by atoms with Crippen molar-refractivity contribution >= 4 is 65.5 Å². The van der Waals surface area contributed by atoms with Crippen LogP contribution in [0.1, 0.15) is 0 Å². The molecular weight excluding hydrogens is 845 g/mol. The number of para-hydroxylation sites is 3. The smallest absolute Gasteiger partial charge is 0.162 e. The summed E-state index contributed by atoms with van der Waals surface area (Å²) in [5.41, 5.74) is 16.0. The third kappa shape index (κ3) is 6.27. The molecule has 0 fully saturated rings. The lowest BCUT2D eigenvalue weighted by Crippen LogP contribution is -2.02. The first-order chi connectivity index (χ1) is 34.2. The molecule has 0 unspecified atom stereocenters. The zero-order valence-corrected chi connectivity index (χ0v) is 37.0. The fourth-order valence-electron chi connectivity index (χ4n) is 10.3. The van der Waals surface area contributed by atoms with Gasteiger partial charge in [0, 0.05) is 72.8 Å². The molecule has 69 heavy (non-hydrogen) atoms. The van der Waals surface area contributed by atoms with Crippen LogP contribution in [0.5, 0.6) is 0 Å². The average Bonchev–Trinajstić information content (AvgIpc) is 4.06. The van der Waals surface area contributed by atoms with E-state index in [1.54, 1.807) is 0 Å². The zero-order valence-electron chi connectivity index (χ0n) is 37.0. The minimum atomic E-state index is 0.665. The van der Waals surface area contributed by atoms with Crippen molar-refractivity contribution < 1.29 is 0 Å². The molecule has 0 N–H and O–H groups in total. The third-order valence-corrected chi connectivity index (χ3v) is 13.4. The maximum atomic E-state index is 5.31. The van der Waals surface area contributed by atoms with Crippen molar-refractivity contribution in [2.45, 2.75) is 0 Å². The molecule has 0 saturated carbocycles. The Balaban J connectivity index is 0.889. The van der Waals surface area contributed by atoms with Gasteiger partial charge in [-0.05, 0) is 72.8 Å². The highest BCUT2D eigenvalue weighted by Gasteiger charge is 2.20. The normalized spacial score (nSPS) is 11.8. The topological polar surface area (TPSA) is 79.2 Å². The molecule has 0 aliphatic heterocycles. The van der Waals surface area contributed by atoms with Crippen LogP contribution >= 0.6 is 0 Å². The van der Waals surface area contributed by atoms with Crippen molar-refractivity contribution in [2.24, 2.45) is 0 Å². The number of hydrogen-bond donors (Lipinski definition) is 0. The molecule has 8 nitrogen and oxygen atoms in total. The van der Waals surface area contributed by atoms with Crippen LogP contribution in [0.15, 0.2) is 231 Å². The van der Waals surface area contributed by atoms with Gasteiger partial charge in [-0.2, -0.15) is 0 Å². The first-order valence-corrected chi connectivity index (χ1v) is 23.1. The highest BCUT2D eigenvalue weighted by molar-refractivity contribution is 6.13. The van der Waals surface area contributed by atoms with Crippen LogP contribution in [-0.4, -0.2) is 38.6 Å². The van der Waals surface area contributed by atoms with E-state index >= 15 is 0 Å². The quantitative estimate of drug-likeness (QED) is 0.159.